The lowest BCUT2D eigenvalue weighted by Crippen LogP contribution is -2.52. The first-order chi connectivity index (χ1) is 13.7. The third-order valence-electron chi connectivity index (χ3n) is 5.82. The van der Waals surface area contributed by atoms with E-state index in [0.717, 1.165) is 48.3 Å². The average Bonchev–Trinajstić information content (AvgIpc) is 3.18. The molecular weight excluding hydrogens is 392 g/mol. The minimum atomic E-state index is 0.143. The van der Waals surface area contributed by atoms with Crippen molar-refractivity contribution in [3.8, 4) is 0 Å². The standard InChI is InChI=1S/C21H27ClN4OS/c22-21-24-15-19(28-21)14-23-17-8-6-16(7-9-17)20(27)26-12-10-25(11-13-26)18-4-2-1-3-5-18/h6-9,15,18,23H,1-5,10-14H2. The molecule has 2 fully saturated rings. The van der Waals surface area contributed by atoms with Gasteiger partial charge in [-0.1, -0.05) is 30.9 Å². The molecule has 0 radical (unpaired) electrons. The van der Waals surface area contributed by atoms with E-state index < -0.39 is 0 Å². The van der Waals surface area contributed by atoms with E-state index in [4.69, 9.17) is 11.6 Å². The zero-order valence-corrected chi connectivity index (χ0v) is 17.6. The minimum Gasteiger partial charge on any atom is -0.380 e. The van der Waals surface area contributed by atoms with Crippen molar-refractivity contribution in [1.82, 2.24) is 14.8 Å². The number of aromatic nitrogens is 1. The van der Waals surface area contributed by atoms with Gasteiger partial charge in [-0.25, -0.2) is 4.98 Å². The second-order valence-corrected chi connectivity index (χ2v) is 9.33. The number of hydrogen-bond donors (Lipinski definition) is 1. The molecule has 1 aromatic carbocycles. The fourth-order valence-electron chi connectivity index (χ4n) is 4.20. The molecule has 5 nitrogen and oxygen atoms in total. The molecule has 1 N–H and O–H groups in total. The van der Waals surface area contributed by atoms with Gasteiger partial charge in [0.05, 0.1) is 6.54 Å². The average molecular weight is 419 g/mol. The number of hydrogen-bond acceptors (Lipinski definition) is 5. The SMILES string of the molecule is O=C(c1ccc(NCc2cnc(Cl)s2)cc1)N1CCN(C2CCCCC2)CC1. The van der Waals surface area contributed by atoms with Crippen molar-refractivity contribution in [2.75, 3.05) is 31.5 Å². The summed E-state index contributed by atoms with van der Waals surface area (Å²) in [6.07, 6.45) is 8.55. The highest BCUT2D eigenvalue weighted by Gasteiger charge is 2.27. The van der Waals surface area contributed by atoms with Crippen molar-refractivity contribution >= 4 is 34.5 Å². The van der Waals surface area contributed by atoms with Gasteiger partial charge in [0.1, 0.15) is 0 Å². The van der Waals surface area contributed by atoms with E-state index in [9.17, 15) is 4.79 Å². The number of anilines is 1. The second-order valence-electron chi connectivity index (χ2n) is 7.63. The van der Waals surface area contributed by atoms with E-state index in [0.29, 0.717) is 11.0 Å². The molecule has 2 aliphatic rings. The number of carbonyl (C=O) groups excluding carboxylic acids is 1. The number of nitrogens with zero attached hydrogens (tertiary/aromatic N) is 3. The smallest absolute Gasteiger partial charge is 0.253 e. The summed E-state index contributed by atoms with van der Waals surface area (Å²) >= 11 is 7.33. The van der Waals surface area contributed by atoms with Crippen molar-refractivity contribution in [2.24, 2.45) is 0 Å². The summed E-state index contributed by atoms with van der Waals surface area (Å²) in [6.45, 7) is 4.37. The topological polar surface area (TPSA) is 48.5 Å². The Balaban J connectivity index is 1.27. The maximum absolute atomic E-state index is 12.8. The van der Waals surface area contributed by atoms with Gasteiger partial charge in [0, 0.05) is 54.5 Å². The molecule has 1 saturated carbocycles. The van der Waals surface area contributed by atoms with Crippen LogP contribution in [-0.2, 0) is 6.54 Å². The summed E-state index contributed by atoms with van der Waals surface area (Å²) in [6, 6.07) is 8.50. The monoisotopic (exact) mass is 418 g/mol. The zero-order chi connectivity index (χ0) is 19.3. The molecule has 1 amide bonds. The summed E-state index contributed by atoms with van der Waals surface area (Å²) in [7, 11) is 0. The number of benzene rings is 1. The van der Waals surface area contributed by atoms with Gasteiger partial charge >= 0.3 is 0 Å². The fraction of sp³-hybridized carbons (Fsp3) is 0.524. The summed E-state index contributed by atoms with van der Waals surface area (Å²) in [5.41, 5.74) is 1.75. The molecule has 0 bridgehead atoms. The largest absolute Gasteiger partial charge is 0.380 e. The van der Waals surface area contributed by atoms with Crippen LogP contribution in [0, 0.1) is 0 Å². The van der Waals surface area contributed by atoms with E-state index in [2.05, 4.69) is 15.2 Å². The summed E-state index contributed by atoms with van der Waals surface area (Å²) in [5, 5.41) is 3.34. The molecule has 1 aliphatic heterocycles. The Morgan fingerprint density at radius 3 is 2.46 bits per heavy atom. The van der Waals surface area contributed by atoms with Crippen LogP contribution < -0.4 is 5.32 Å². The van der Waals surface area contributed by atoms with Crippen LogP contribution in [0.5, 0.6) is 0 Å². The lowest BCUT2D eigenvalue weighted by molar-refractivity contribution is 0.0523. The fourth-order valence-corrected chi connectivity index (χ4v) is 5.12. The molecule has 150 valence electrons. The maximum Gasteiger partial charge on any atom is 0.253 e. The Hall–Kier alpha value is -1.63. The first kappa shape index (κ1) is 19.7. The van der Waals surface area contributed by atoms with Crippen LogP contribution in [0.3, 0.4) is 0 Å². The molecule has 28 heavy (non-hydrogen) atoms. The number of halogens is 1. The Morgan fingerprint density at radius 2 is 1.82 bits per heavy atom. The number of piperazine rings is 1. The predicted molar refractivity (Wildman–Crippen MR) is 115 cm³/mol. The van der Waals surface area contributed by atoms with Crippen LogP contribution >= 0.6 is 22.9 Å². The summed E-state index contributed by atoms with van der Waals surface area (Å²) in [4.78, 5) is 22.6. The van der Waals surface area contributed by atoms with Crippen LogP contribution in [0.1, 0.15) is 47.3 Å². The Labute approximate surface area is 175 Å². The predicted octanol–water partition coefficient (Wildman–Crippen LogP) is 4.50. The highest BCUT2D eigenvalue weighted by molar-refractivity contribution is 7.15. The lowest BCUT2D eigenvalue weighted by Gasteiger charge is -2.40. The molecule has 0 atom stereocenters. The molecular formula is C21H27ClN4OS. The molecule has 7 heteroatoms. The van der Waals surface area contributed by atoms with E-state index in [-0.39, 0.29) is 5.91 Å². The molecule has 0 spiro atoms. The van der Waals surface area contributed by atoms with Gasteiger partial charge < -0.3 is 10.2 Å². The quantitative estimate of drug-likeness (QED) is 0.776. The molecule has 0 unspecified atom stereocenters. The number of nitrogens with one attached hydrogen (secondary N) is 1. The van der Waals surface area contributed by atoms with Crippen molar-refractivity contribution in [3.05, 3.63) is 45.4 Å². The number of thiazole rings is 1. The number of carbonyl (C=O) groups is 1. The normalized spacial score (nSPS) is 19.0. The highest BCUT2D eigenvalue weighted by Crippen LogP contribution is 2.24. The third kappa shape index (κ3) is 4.85. The first-order valence-electron chi connectivity index (χ1n) is 10.2. The maximum atomic E-state index is 12.8. The van der Waals surface area contributed by atoms with Crippen LogP contribution in [0.2, 0.25) is 4.47 Å². The van der Waals surface area contributed by atoms with Crippen molar-refractivity contribution in [2.45, 2.75) is 44.7 Å². The Morgan fingerprint density at radius 1 is 1.11 bits per heavy atom. The molecule has 1 aromatic heterocycles. The van der Waals surface area contributed by atoms with Gasteiger partial charge in [0.2, 0.25) is 0 Å². The van der Waals surface area contributed by atoms with Gasteiger partial charge in [-0.15, -0.1) is 11.3 Å². The van der Waals surface area contributed by atoms with Gasteiger partial charge in [-0.2, -0.15) is 0 Å². The van der Waals surface area contributed by atoms with Gasteiger partial charge in [-0.3, -0.25) is 9.69 Å². The number of rotatable bonds is 5. The van der Waals surface area contributed by atoms with Crippen molar-refractivity contribution in [3.63, 3.8) is 0 Å². The van der Waals surface area contributed by atoms with Crippen LogP contribution in [0.4, 0.5) is 5.69 Å². The van der Waals surface area contributed by atoms with Crippen molar-refractivity contribution in [1.29, 1.82) is 0 Å². The minimum absolute atomic E-state index is 0.143. The molecule has 4 rings (SSSR count). The van der Waals surface area contributed by atoms with Crippen LogP contribution in [0.25, 0.3) is 0 Å². The molecule has 2 aromatic rings. The third-order valence-corrected chi connectivity index (χ3v) is 6.93. The van der Waals surface area contributed by atoms with Crippen molar-refractivity contribution < 1.29 is 4.79 Å². The van der Waals surface area contributed by atoms with E-state index in [1.165, 1.54) is 43.4 Å². The van der Waals surface area contributed by atoms with Crippen LogP contribution in [-0.4, -0.2) is 52.9 Å². The van der Waals surface area contributed by atoms with E-state index in [1.54, 1.807) is 6.20 Å². The Kier molecular flexibility index (Phi) is 6.50. The summed E-state index contributed by atoms with van der Waals surface area (Å²) < 4.78 is 0.557. The number of amides is 1. The molecule has 1 aliphatic carbocycles. The molecule has 2 heterocycles. The lowest BCUT2D eigenvalue weighted by atomic mass is 9.94. The van der Waals surface area contributed by atoms with E-state index in [1.807, 2.05) is 29.2 Å². The summed E-state index contributed by atoms with van der Waals surface area (Å²) in [5.74, 6) is 0.143. The van der Waals surface area contributed by atoms with Gasteiger partial charge in [0.25, 0.3) is 5.91 Å². The van der Waals surface area contributed by atoms with Gasteiger partial charge in [-0.05, 0) is 37.1 Å². The van der Waals surface area contributed by atoms with E-state index >= 15 is 0 Å². The van der Waals surface area contributed by atoms with Gasteiger partial charge in [0.15, 0.2) is 4.47 Å². The first-order valence-corrected chi connectivity index (χ1v) is 11.4. The molecule has 1 saturated heterocycles. The Bertz CT molecular complexity index is 780. The zero-order valence-electron chi connectivity index (χ0n) is 16.1. The highest BCUT2D eigenvalue weighted by atomic mass is 35.5. The van der Waals surface area contributed by atoms with Crippen LogP contribution in [0.15, 0.2) is 30.5 Å². The second kappa shape index (κ2) is 9.25.